The summed E-state index contributed by atoms with van der Waals surface area (Å²) >= 11 is 1.37. The quantitative estimate of drug-likeness (QED) is 0.280. The number of aromatic nitrogens is 2. The molecule has 0 N–H and O–H groups in total. The van der Waals surface area contributed by atoms with Crippen LogP contribution in [0.1, 0.15) is 71.0 Å². The van der Waals surface area contributed by atoms with Crippen LogP contribution in [-0.2, 0) is 14.3 Å². The molecule has 0 aliphatic rings. The number of rotatable bonds is 9. The van der Waals surface area contributed by atoms with Crippen molar-refractivity contribution >= 4 is 39.2 Å². The van der Waals surface area contributed by atoms with Gasteiger partial charge < -0.3 is 14.4 Å². The second-order valence-corrected chi connectivity index (χ2v) is 12.5. The average Bonchev–Trinajstić information content (AvgIpc) is 3.32. The molecule has 0 saturated carbocycles. The number of amides is 1. The molecule has 0 saturated heterocycles. The van der Waals surface area contributed by atoms with Crippen molar-refractivity contribution in [3.63, 3.8) is 0 Å². The second-order valence-electron chi connectivity index (χ2n) is 11.5. The predicted molar refractivity (Wildman–Crippen MR) is 144 cm³/mol. The van der Waals surface area contributed by atoms with Gasteiger partial charge in [0, 0.05) is 26.3 Å². The summed E-state index contributed by atoms with van der Waals surface area (Å²) in [6.07, 6.45) is 3.00. The number of imidazole rings is 1. The highest BCUT2D eigenvalue weighted by molar-refractivity contribution is 7.18. The summed E-state index contributed by atoms with van der Waals surface area (Å²) in [6, 6.07) is 7.88. The summed E-state index contributed by atoms with van der Waals surface area (Å²) in [5.41, 5.74) is -0.263. The number of likely N-dealkylation sites (N-methyl/N-ethyl adjacent to an activating group) is 1. The average molecular weight is 517 g/mol. The number of ether oxygens (including phenoxy) is 2. The van der Waals surface area contributed by atoms with E-state index in [4.69, 9.17) is 9.47 Å². The van der Waals surface area contributed by atoms with E-state index in [1.807, 2.05) is 62.6 Å². The molecule has 0 aliphatic heterocycles. The van der Waals surface area contributed by atoms with Gasteiger partial charge in [0.25, 0.3) is 5.91 Å². The number of carbonyl (C=O) groups is 2. The fourth-order valence-corrected chi connectivity index (χ4v) is 5.30. The summed E-state index contributed by atoms with van der Waals surface area (Å²) < 4.78 is 13.6. The molecule has 9 heteroatoms. The van der Waals surface area contributed by atoms with Crippen LogP contribution in [0.4, 0.5) is 0 Å². The van der Waals surface area contributed by atoms with Crippen LogP contribution in [0.2, 0.25) is 0 Å². The minimum Gasteiger partial charge on any atom is -0.457 e. The van der Waals surface area contributed by atoms with Crippen molar-refractivity contribution < 1.29 is 19.1 Å². The van der Waals surface area contributed by atoms with Crippen molar-refractivity contribution in [3.8, 4) is 0 Å². The number of methoxy groups -OCH3 is 1. The highest BCUT2D eigenvalue weighted by atomic mass is 32.1. The highest BCUT2D eigenvalue weighted by Gasteiger charge is 2.46. The fraction of sp³-hybridized carbons (Fsp3) is 0.593. The molecule has 3 rings (SSSR count). The first-order chi connectivity index (χ1) is 16.7. The Morgan fingerprint density at radius 3 is 2.36 bits per heavy atom. The van der Waals surface area contributed by atoms with E-state index in [1.165, 1.54) is 18.4 Å². The normalized spacial score (nSPS) is 14.4. The minimum atomic E-state index is -1.31. The molecule has 1 unspecified atom stereocenters. The molecule has 1 atom stereocenters. The lowest BCUT2D eigenvalue weighted by Crippen LogP contribution is -2.60. The van der Waals surface area contributed by atoms with Crippen LogP contribution in [0.3, 0.4) is 0 Å². The van der Waals surface area contributed by atoms with Gasteiger partial charge in [0.1, 0.15) is 10.5 Å². The molecule has 2 aromatic heterocycles. The number of thiazole rings is 1. The SMILES string of the molecule is CCCC(OC)(C(=O)OC(C)(C)C)N(C)CN(CC(C)(C)C)C(=O)c1cn2c(nc3ccccc32)s1. The molecule has 36 heavy (non-hydrogen) atoms. The number of hydrogen-bond donors (Lipinski definition) is 0. The molecular formula is C27H40N4O4S. The Labute approximate surface area is 218 Å². The minimum absolute atomic E-state index is 0.109. The number of hydrogen-bond acceptors (Lipinski definition) is 7. The van der Waals surface area contributed by atoms with Gasteiger partial charge in [-0.1, -0.05) is 57.6 Å². The van der Waals surface area contributed by atoms with Gasteiger partial charge in [-0.2, -0.15) is 0 Å². The molecule has 2 heterocycles. The molecule has 8 nitrogen and oxygen atoms in total. The molecule has 0 spiro atoms. The van der Waals surface area contributed by atoms with Crippen LogP contribution < -0.4 is 0 Å². The Morgan fingerprint density at radius 2 is 1.78 bits per heavy atom. The zero-order chi connectivity index (χ0) is 26.9. The number of para-hydroxylation sites is 2. The number of carbonyl (C=O) groups excluding carboxylic acids is 2. The number of benzene rings is 1. The Kier molecular flexibility index (Phi) is 8.17. The van der Waals surface area contributed by atoms with Crippen LogP contribution in [-0.4, -0.2) is 69.8 Å². The third-order valence-corrected chi connectivity index (χ3v) is 6.79. The Hall–Kier alpha value is -2.49. The molecule has 0 radical (unpaired) electrons. The zero-order valence-electron chi connectivity index (χ0n) is 23.0. The largest absolute Gasteiger partial charge is 0.457 e. The van der Waals surface area contributed by atoms with Gasteiger partial charge in [-0.25, -0.2) is 9.78 Å². The van der Waals surface area contributed by atoms with E-state index in [0.29, 0.717) is 24.3 Å². The van der Waals surface area contributed by atoms with Gasteiger partial charge in [0.05, 0.1) is 17.7 Å². The first-order valence-corrected chi connectivity index (χ1v) is 13.2. The first-order valence-electron chi connectivity index (χ1n) is 12.4. The van der Waals surface area contributed by atoms with Crippen molar-refractivity contribution in [2.45, 2.75) is 72.6 Å². The van der Waals surface area contributed by atoms with Crippen molar-refractivity contribution in [2.75, 3.05) is 27.4 Å². The van der Waals surface area contributed by atoms with Crippen LogP contribution in [0.5, 0.6) is 0 Å². The Bertz CT molecular complexity index is 1220. The van der Waals surface area contributed by atoms with Gasteiger partial charge in [0.15, 0.2) is 4.96 Å². The summed E-state index contributed by atoms with van der Waals surface area (Å²) in [5.74, 6) is -0.562. The van der Waals surface area contributed by atoms with E-state index in [9.17, 15) is 9.59 Å². The lowest BCUT2D eigenvalue weighted by atomic mass is 9.96. The van der Waals surface area contributed by atoms with E-state index in [0.717, 1.165) is 16.0 Å². The number of esters is 1. The summed E-state index contributed by atoms with van der Waals surface area (Å²) in [7, 11) is 3.33. The van der Waals surface area contributed by atoms with Gasteiger partial charge >= 0.3 is 5.97 Å². The molecule has 0 bridgehead atoms. The maximum absolute atomic E-state index is 13.8. The standard InChI is InChI=1S/C27H40N4O4S/c1-10-15-27(34-9,23(33)35-26(5,6)7)29(8)18-30(17-25(2,3)4)22(32)21-16-31-20-14-12-11-13-19(20)28-24(31)36-21/h11-14,16H,10,15,17-18H2,1-9H3. The highest BCUT2D eigenvalue weighted by Crippen LogP contribution is 2.29. The van der Waals surface area contributed by atoms with E-state index >= 15 is 0 Å². The summed E-state index contributed by atoms with van der Waals surface area (Å²) in [4.78, 5) is 36.8. The van der Waals surface area contributed by atoms with Gasteiger partial charge in [-0.15, -0.1) is 0 Å². The Balaban J connectivity index is 1.95. The molecule has 1 aromatic carbocycles. The van der Waals surface area contributed by atoms with Gasteiger partial charge in [0.2, 0.25) is 5.72 Å². The molecule has 3 aromatic rings. The van der Waals surface area contributed by atoms with Crippen molar-refractivity contribution in [2.24, 2.45) is 5.41 Å². The Morgan fingerprint density at radius 1 is 1.11 bits per heavy atom. The van der Waals surface area contributed by atoms with Crippen molar-refractivity contribution in [1.29, 1.82) is 0 Å². The topological polar surface area (TPSA) is 76.4 Å². The molecule has 0 aliphatic carbocycles. The lowest BCUT2D eigenvalue weighted by Gasteiger charge is -2.42. The molecule has 0 fully saturated rings. The fourth-order valence-electron chi connectivity index (χ4n) is 4.33. The monoisotopic (exact) mass is 516 g/mol. The molecular weight excluding hydrogens is 476 g/mol. The maximum Gasteiger partial charge on any atom is 0.354 e. The van der Waals surface area contributed by atoms with E-state index < -0.39 is 17.3 Å². The van der Waals surface area contributed by atoms with Crippen LogP contribution in [0.25, 0.3) is 16.0 Å². The van der Waals surface area contributed by atoms with Crippen LogP contribution in [0, 0.1) is 5.41 Å². The van der Waals surface area contributed by atoms with Gasteiger partial charge in [-0.05, 0) is 45.4 Å². The van der Waals surface area contributed by atoms with Crippen molar-refractivity contribution in [3.05, 3.63) is 35.3 Å². The lowest BCUT2D eigenvalue weighted by molar-refractivity contribution is -0.209. The van der Waals surface area contributed by atoms with E-state index in [-0.39, 0.29) is 18.0 Å². The first kappa shape index (κ1) is 28.1. The van der Waals surface area contributed by atoms with E-state index in [1.54, 1.807) is 16.8 Å². The van der Waals surface area contributed by atoms with E-state index in [2.05, 4.69) is 25.8 Å². The third-order valence-electron chi connectivity index (χ3n) is 5.82. The number of fused-ring (bicyclic) bond motifs is 3. The molecule has 198 valence electrons. The molecule has 1 amide bonds. The predicted octanol–water partition coefficient (Wildman–Crippen LogP) is 5.41. The summed E-state index contributed by atoms with van der Waals surface area (Å²) in [6.45, 7) is 14.5. The van der Waals surface area contributed by atoms with Crippen LogP contribution in [0.15, 0.2) is 30.5 Å². The smallest absolute Gasteiger partial charge is 0.354 e. The van der Waals surface area contributed by atoms with Crippen LogP contribution >= 0.6 is 11.3 Å². The second kappa shape index (κ2) is 10.5. The summed E-state index contributed by atoms with van der Waals surface area (Å²) in [5, 5.41) is 0. The maximum atomic E-state index is 13.8. The van der Waals surface area contributed by atoms with Gasteiger partial charge in [-0.3, -0.25) is 14.1 Å². The zero-order valence-corrected chi connectivity index (χ0v) is 23.9. The van der Waals surface area contributed by atoms with Crippen molar-refractivity contribution in [1.82, 2.24) is 19.2 Å². The third kappa shape index (κ3) is 6.07. The number of nitrogens with zero attached hydrogens (tertiary/aromatic N) is 4.